The van der Waals surface area contributed by atoms with E-state index < -0.39 is 34.8 Å². The zero-order chi connectivity index (χ0) is 18.1. The molecule has 9 heteroatoms. The summed E-state index contributed by atoms with van der Waals surface area (Å²) >= 11 is 0.277. The highest BCUT2D eigenvalue weighted by atomic mass is 32.1. The van der Waals surface area contributed by atoms with Crippen LogP contribution in [0.1, 0.15) is 38.2 Å². The minimum Gasteiger partial charge on any atom is -0.479 e. The number of hydrogen-bond donors (Lipinski definition) is 2. The Bertz CT molecular complexity index is 787. The van der Waals surface area contributed by atoms with Gasteiger partial charge in [0.15, 0.2) is 11.0 Å². The molecule has 1 unspecified atom stereocenters. The van der Waals surface area contributed by atoms with E-state index in [2.05, 4.69) is 10.3 Å². The number of halogens is 3. The van der Waals surface area contributed by atoms with Crippen LogP contribution in [0.2, 0.25) is 0 Å². The number of thiazole rings is 1. The first-order chi connectivity index (χ1) is 11.1. The van der Waals surface area contributed by atoms with Gasteiger partial charge in [0.05, 0.1) is 0 Å². The molecule has 5 nitrogen and oxygen atoms in total. The number of nitrogens with one attached hydrogen (secondary N) is 1. The zero-order valence-electron chi connectivity index (χ0n) is 12.6. The summed E-state index contributed by atoms with van der Waals surface area (Å²) in [6.07, 6.45) is -4.65. The van der Waals surface area contributed by atoms with E-state index in [1.807, 2.05) is 0 Å². The van der Waals surface area contributed by atoms with Crippen molar-refractivity contribution < 1.29 is 27.9 Å². The van der Waals surface area contributed by atoms with Crippen LogP contribution in [0.15, 0.2) is 23.6 Å². The molecule has 1 aromatic heterocycles. The maximum absolute atomic E-state index is 12.5. The van der Waals surface area contributed by atoms with Gasteiger partial charge in [0.1, 0.15) is 5.69 Å². The van der Waals surface area contributed by atoms with Crippen LogP contribution in [0, 0.1) is 13.8 Å². The number of nitrogens with zero attached hydrogens (tertiary/aromatic N) is 1. The van der Waals surface area contributed by atoms with E-state index in [0.717, 1.165) is 10.9 Å². The number of aryl methyl sites for hydroxylation is 1. The van der Waals surface area contributed by atoms with Crippen LogP contribution in [0.3, 0.4) is 0 Å². The predicted octanol–water partition coefficient (Wildman–Crippen LogP) is 3.33. The van der Waals surface area contributed by atoms with Gasteiger partial charge in [-0.15, -0.1) is 11.3 Å². The third kappa shape index (κ3) is 3.73. The maximum atomic E-state index is 12.5. The van der Waals surface area contributed by atoms with E-state index in [9.17, 15) is 27.9 Å². The lowest BCUT2D eigenvalue weighted by molar-refractivity contribution is -0.139. The Labute approximate surface area is 139 Å². The largest absolute Gasteiger partial charge is 0.479 e. The molecule has 2 N–H and O–H groups in total. The molecule has 0 spiro atoms. The molecule has 128 valence electrons. The van der Waals surface area contributed by atoms with Crippen molar-refractivity contribution in [1.82, 2.24) is 10.3 Å². The molecule has 0 aliphatic heterocycles. The second-order valence-corrected chi connectivity index (χ2v) is 5.93. The summed E-state index contributed by atoms with van der Waals surface area (Å²) < 4.78 is 37.6. The van der Waals surface area contributed by atoms with Crippen LogP contribution >= 0.6 is 11.3 Å². The molecule has 1 amide bonds. The fraction of sp³-hybridized carbons (Fsp3) is 0.267. The molecule has 0 radical (unpaired) electrons. The number of carboxylic acids is 1. The Hall–Kier alpha value is -2.42. The minimum atomic E-state index is -4.65. The van der Waals surface area contributed by atoms with Gasteiger partial charge in [-0.3, -0.25) is 4.79 Å². The molecular formula is C15H13F3N2O3S. The molecule has 2 aromatic rings. The van der Waals surface area contributed by atoms with Crippen LogP contribution < -0.4 is 5.32 Å². The lowest BCUT2D eigenvalue weighted by atomic mass is 9.97. The number of aliphatic carboxylic acids is 1. The normalized spacial score (nSPS) is 12.7. The van der Waals surface area contributed by atoms with Crippen molar-refractivity contribution in [3.8, 4) is 0 Å². The molecule has 0 aliphatic rings. The summed E-state index contributed by atoms with van der Waals surface area (Å²) in [6.45, 7) is 3.49. The highest BCUT2D eigenvalue weighted by Crippen LogP contribution is 2.31. The summed E-state index contributed by atoms with van der Waals surface area (Å²) in [5, 5.41) is 11.4. The Morgan fingerprint density at radius 1 is 1.29 bits per heavy atom. The minimum absolute atomic E-state index is 0.277. The standard InChI is InChI=1S/C15H13F3N2O3S/c1-7-4-3-5-9(8(7)2)11(13(22)23)20-12(21)10-6-24-14(19-10)15(16,17)18/h3-6,11H,1-2H3,(H,20,21)(H,22,23). The third-order valence-corrected chi connectivity index (χ3v) is 4.35. The monoisotopic (exact) mass is 358 g/mol. The van der Waals surface area contributed by atoms with Crippen molar-refractivity contribution in [3.05, 3.63) is 51.0 Å². The molecule has 24 heavy (non-hydrogen) atoms. The molecule has 0 fully saturated rings. The van der Waals surface area contributed by atoms with E-state index in [-0.39, 0.29) is 11.3 Å². The van der Waals surface area contributed by atoms with Crippen LogP contribution in [0.5, 0.6) is 0 Å². The smallest absolute Gasteiger partial charge is 0.443 e. The Morgan fingerprint density at radius 2 is 1.96 bits per heavy atom. The highest BCUT2D eigenvalue weighted by Gasteiger charge is 2.35. The summed E-state index contributed by atoms with van der Waals surface area (Å²) in [7, 11) is 0. The number of rotatable bonds is 4. The SMILES string of the molecule is Cc1cccc(C(NC(=O)c2csc(C(F)(F)F)n2)C(=O)O)c1C. The van der Waals surface area contributed by atoms with E-state index in [0.29, 0.717) is 11.1 Å². The van der Waals surface area contributed by atoms with Crippen molar-refractivity contribution in [2.75, 3.05) is 0 Å². The number of benzene rings is 1. The fourth-order valence-electron chi connectivity index (χ4n) is 2.07. The number of carbonyl (C=O) groups excluding carboxylic acids is 1. The second kappa shape index (κ2) is 6.60. The molecule has 1 atom stereocenters. The third-order valence-electron chi connectivity index (χ3n) is 3.46. The number of aromatic nitrogens is 1. The van der Waals surface area contributed by atoms with Crippen LogP contribution in [-0.2, 0) is 11.0 Å². The van der Waals surface area contributed by atoms with Crippen LogP contribution in [0.25, 0.3) is 0 Å². The average molecular weight is 358 g/mol. The Kier molecular flexibility index (Phi) is 4.93. The number of alkyl halides is 3. The highest BCUT2D eigenvalue weighted by molar-refractivity contribution is 7.09. The first-order valence-electron chi connectivity index (χ1n) is 6.73. The molecule has 0 bridgehead atoms. The summed E-state index contributed by atoms with van der Waals surface area (Å²) in [5.74, 6) is -2.29. The van der Waals surface area contributed by atoms with Gasteiger partial charge in [-0.1, -0.05) is 18.2 Å². The molecule has 1 heterocycles. The lowest BCUT2D eigenvalue weighted by Gasteiger charge is -2.17. The Morgan fingerprint density at radius 3 is 2.50 bits per heavy atom. The Balaban J connectivity index is 2.28. The van der Waals surface area contributed by atoms with Crippen LogP contribution in [-0.4, -0.2) is 22.0 Å². The van der Waals surface area contributed by atoms with Gasteiger partial charge in [-0.05, 0) is 30.5 Å². The number of carbonyl (C=O) groups is 2. The second-order valence-electron chi connectivity index (χ2n) is 5.07. The van der Waals surface area contributed by atoms with Gasteiger partial charge in [0.25, 0.3) is 5.91 Å². The summed E-state index contributed by atoms with van der Waals surface area (Å²) in [5.41, 5.74) is 1.41. The molecule has 0 saturated carbocycles. The molecule has 1 aromatic carbocycles. The van der Waals surface area contributed by atoms with Crippen molar-refractivity contribution in [2.24, 2.45) is 0 Å². The molecule has 0 aliphatic carbocycles. The quantitative estimate of drug-likeness (QED) is 0.879. The number of amides is 1. The van der Waals surface area contributed by atoms with E-state index in [1.54, 1.807) is 32.0 Å². The van der Waals surface area contributed by atoms with E-state index >= 15 is 0 Å². The van der Waals surface area contributed by atoms with Crippen molar-refractivity contribution in [2.45, 2.75) is 26.1 Å². The van der Waals surface area contributed by atoms with Gasteiger partial charge < -0.3 is 10.4 Å². The van der Waals surface area contributed by atoms with Gasteiger partial charge in [-0.2, -0.15) is 13.2 Å². The van der Waals surface area contributed by atoms with Gasteiger partial charge in [0.2, 0.25) is 0 Å². The average Bonchev–Trinajstić information content (AvgIpc) is 2.97. The zero-order valence-corrected chi connectivity index (χ0v) is 13.5. The van der Waals surface area contributed by atoms with E-state index in [1.165, 1.54) is 0 Å². The van der Waals surface area contributed by atoms with Gasteiger partial charge in [-0.25, -0.2) is 9.78 Å². The van der Waals surface area contributed by atoms with Crippen molar-refractivity contribution >= 4 is 23.2 Å². The van der Waals surface area contributed by atoms with Gasteiger partial charge in [0, 0.05) is 5.38 Å². The lowest BCUT2D eigenvalue weighted by Crippen LogP contribution is -2.34. The van der Waals surface area contributed by atoms with Crippen molar-refractivity contribution in [1.29, 1.82) is 0 Å². The topological polar surface area (TPSA) is 79.3 Å². The van der Waals surface area contributed by atoms with Crippen molar-refractivity contribution in [3.63, 3.8) is 0 Å². The summed E-state index contributed by atoms with van der Waals surface area (Å²) in [4.78, 5) is 26.8. The maximum Gasteiger partial charge on any atom is 0.443 e. The summed E-state index contributed by atoms with van der Waals surface area (Å²) in [6, 6.07) is 3.59. The number of hydrogen-bond acceptors (Lipinski definition) is 4. The van der Waals surface area contributed by atoms with Crippen LogP contribution in [0.4, 0.5) is 13.2 Å². The predicted molar refractivity (Wildman–Crippen MR) is 80.9 cm³/mol. The fourth-order valence-corrected chi connectivity index (χ4v) is 2.74. The molecular weight excluding hydrogens is 345 g/mol. The number of carboxylic acid groups (broad SMARTS) is 1. The van der Waals surface area contributed by atoms with Gasteiger partial charge >= 0.3 is 12.1 Å². The molecule has 2 rings (SSSR count). The first-order valence-corrected chi connectivity index (χ1v) is 7.61. The first kappa shape index (κ1) is 17.9. The van der Waals surface area contributed by atoms with E-state index in [4.69, 9.17) is 0 Å². The molecule has 0 saturated heterocycles.